The number of benzene rings is 1. The monoisotopic (exact) mass is 302 g/mol. The average molecular weight is 302 g/mol. The summed E-state index contributed by atoms with van der Waals surface area (Å²) in [7, 11) is 0. The number of hydrogen-bond donors (Lipinski definition) is 0. The van der Waals surface area contributed by atoms with Crippen LogP contribution >= 0.6 is 0 Å². The highest BCUT2D eigenvalue weighted by molar-refractivity contribution is 6.10. The number of hydrogen-bond acceptors (Lipinski definition) is 2. The van der Waals surface area contributed by atoms with Crippen molar-refractivity contribution in [1.82, 2.24) is 0 Å². The summed E-state index contributed by atoms with van der Waals surface area (Å²) in [6.45, 7) is 0. The van der Waals surface area contributed by atoms with E-state index in [2.05, 4.69) is 0 Å². The predicted octanol–water partition coefficient (Wildman–Crippen LogP) is 3.30. The van der Waals surface area contributed by atoms with Crippen molar-refractivity contribution in [2.75, 3.05) is 0 Å². The van der Waals surface area contributed by atoms with Crippen LogP contribution in [0.25, 0.3) is 0 Å². The number of ketones is 2. The first kappa shape index (κ1) is 16.1. The molecular formula is C11H5F7O2. The van der Waals surface area contributed by atoms with Gasteiger partial charge in [-0.3, -0.25) is 9.59 Å². The van der Waals surface area contributed by atoms with Crippen LogP contribution < -0.4 is 0 Å². The summed E-state index contributed by atoms with van der Waals surface area (Å²) in [6, 6.07) is 1.39. The lowest BCUT2D eigenvalue weighted by atomic mass is 10.0. The van der Waals surface area contributed by atoms with E-state index in [4.69, 9.17) is 0 Å². The largest absolute Gasteiger partial charge is 0.461 e. The van der Waals surface area contributed by atoms with E-state index in [1.165, 1.54) is 0 Å². The highest BCUT2D eigenvalue weighted by atomic mass is 19.4. The van der Waals surface area contributed by atoms with Crippen LogP contribution in [0.2, 0.25) is 0 Å². The second kappa shape index (κ2) is 5.22. The van der Waals surface area contributed by atoms with Gasteiger partial charge < -0.3 is 0 Å². The van der Waals surface area contributed by atoms with Crippen molar-refractivity contribution in [3.63, 3.8) is 0 Å². The van der Waals surface area contributed by atoms with Gasteiger partial charge in [0.15, 0.2) is 5.78 Å². The van der Waals surface area contributed by atoms with Gasteiger partial charge in [0.05, 0.1) is 12.0 Å². The molecule has 1 aromatic rings. The van der Waals surface area contributed by atoms with Gasteiger partial charge in [0.1, 0.15) is 11.6 Å². The fraction of sp³-hybridized carbons (Fsp3) is 0.273. The molecule has 0 saturated heterocycles. The predicted molar refractivity (Wildman–Crippen MR) is 51.3 cm³/mol. The molecule has 0 aromatic heterocycles. The fourth-order valence-electron chi connectivity index (χ4n) is 1.22. The Balaban J connectivity index is 2.97. The zero-order valence-electron chi connectivity index (χ0n) is 9.40. The topological polar surface area (TPSA) is 34.1 Å². The summed E-state index contributed by atoms with van der Waals surface area (Å²) >= 11 is 0. The van der Waals surface area contributed by atoms with Gasteiger partial charge in [-0.05, 0) is 18.2 Å². The van der Waals surface area contributed by atoms with Crippen LogP contribution in [0.15, 0.2) is 18.2 Å². The first-order valence-electron chi connectivity index (χ1n) is 4.93. The molecular weight excluding hydrogens is 297 g/mol. The lowest BCUT2D eigenvalue weighted by molar-refractivity contribution is -0.268. The van der Waals surface area contributed by atoms with Crippen LogP contribution in [-0.2, 0) is 4.79 Å². The molecule has 110 valence electrons. The maximum absolute atomic E-state index is 13.1. The van der Waals surface area contributed by atoms with E-state index in [0.717, 1.165) is 0 Å². The van der Waals surface area contributed by atoms with Crippen molar-refractivity contribution >= 4 is 11.6 Å². The molecule has 0 spiro atoms. The van der Waals surface area contributed by atoms with Crippen molar-refractivity contribution in [2.45, 2.75) is 18.5 Å². The van der Waals surface area contributed by atoms with E-state index in [0.29, 0.717) is 18.2 Å². The van der Waals surface area contributed by atoms with Gasteiger partial charge in [0.25, 0.3) is 0 Å². The molecule has 1 rings (SSSR count). The summed E-state index contributed by atoms with van der Waals surface area (Å²) < 4.78 is 86.6. The highest BCUT2D eigenvalue weighted by Gasteiger charge is 2.62. The molecule has 0 aliphatic rings. The number of Topliss-reactive ketones (excluding diaryl/α,β-unsaturated/α-hetero) is 2. The minimum Gasteiger partial charge on any atom is -0.294 e. The Morgan fingerprint density at radius 3 is 2.05 bits per heavy atom. The van der Waals surface area contributed by atoms with E-state index in [-0.39, 0.29) is 0 Å². The van der Waals surface area contributed by atoms with Gasteiger partial charge in [-0.1, -0.05) is 0 Å². The quantitative estimate of drug-likeness (QED) is 0.486. The van der Waals surface area contributed by atoms with Gasteiger partial charge in [-0.2, -0.15) is 22.0 Å². The second-order valence-corrected chi connectivity index (χ2v) is 3.72. The zero-order valence-corrected chi connectivity index (χ0v) is 9.40. The Kier molecular flexibility index (Phi) is 4.21. The molecule has 0 heterocycles. The SMILES string of the molecule is O=C(CC(=O)C(F)(F)C(F)(F)F)c1cc(F)ccc1F. The molecule has 0 aliphatic heterocycles. The molecule has 0 unspecified atom stereocenters. The van der Waals surface area contributed by atoms with Gasteiger partial charge >= 0.3 is 12.1 Å². The first-order valence-corrected chi connectivity index (χ1v) is 4.93. The van der Waals surface area contributed by atoms with E-state index in [9.17, 15) is 40.3 Å². The van der Waals surface area contributed by atoms with Crippen molar-refractivity contribution < 1.29 is 40.3 Å². The Morgan fingerprint density at radius 2 is 1.55 bits per heavy atom. The second-order valence-electron chi connectivity index (χ2n) is 3.72. The van der Waals surface area contributed by atoms with Crippen molar-refractivity contribution in [3.8, 4) is 0 Å². The van der Waals surface area contributed by atoms with Gasteiger partial charge in [-0.25, -0.2) is 8.78 Å². The van der Waals surface area contributed by atoms with Crippen LogP contribution in [-0.4, -0.2) is 23.7 Å². The number of carbonyl (C=O) groups is 2. The summed E-state index contributed by atoms with van der Waals surface area (Å²) in [5.41, 5.74) is -1.07. The molecule has 20 heavy (non-hydrogen) atoms. The molecule has 0 radical (unpaired) electrons. The maximum atomic E-state index is 13.1. The lowest BCUT2D eigenvalue weighted by Gasteiger charge is -2.17. The minimum atomic E-state index is -6.16. The smallest absolute Gasteiger partial charge is 0.294 e. The third-order valence-electron chi connectivity index (χ3n) is 2.26. The summed E-state index contributed by atoms with van der Waals surface area (Å²) in [5.74, 6) is -12.6. The molecule has 9 heteroatoms. The average Bonchev–Trinajstić information content (AvgIpc) is 2.30. The van der Waals surface area contributed by atoms with Gasteiger partial charge in [0, 0.05) is 0 Å². The number of rotatable bonds is 4. The lowest BCUT2D eigenvalue weighted by Crippen LogP contribution is -2.44. The van der Waals surface area contributed by atoms with E-state index in [1.807, 2.05) is 0 Å². The van der Waals surface area contributed by atoms with Crippen molar-refractivity contribution in [3.05, 3.63) is 35.4 Å². The highest BCUT2D eigenvalue weighted by Crippen LogP contribution is 2.37. The van der Waals surface area contributed by atoms with Crippen molar-refractivity contribution in [2.24, 2.45) is 0 Å². The molecule has 0 amide bonds. The molecule has 1 aromatic carbocycles. The van der Waals surface area contributed by atoms with Crippen LogP contribution in [0.4, 0.5) is 30.7 Å². The van der Waals surface area contributed by atoms with Crippen LogP contribution in [0.1, 0.15) is 16.8 Å². The Morgan fingerprint density at radius 1 is 1.00 bits per heavy atom. The Hall–Kier alpha value is -1.93. The molecule has 0 saturated carbocycles. The normalized spacial score (nSPS) is 12.3. The van der Waals surface area contributed by atoms with Gasteiger partial charge in [0.2, 0.25) is 5.78 Å². The van der Waals surface area contributed by atoms with Crippen LogP contribution in [0, 0.1) is 11.6 Å². The third-order valence-corrected chi connectivity index (χ3v) is 2.26. The minimum absolute atomic E-state index is 0.302. The first-order chi connectivity index (χ1) is 8.96. The maximum Gasteiger partial charge on any atom is 0.461 e. The Bertz CT molecular complexity index is 548. The molecule has 2 nitrogen and oxygen atoms in total. The molecule has 0 N–H and O–H groups in total. The van der Waals surface area contributed by atoms with E-state index >= 15 is 0 Å². The summed E-state index contributed by atoms with van der Waals surface area (Å²) in [5, 5.41) is 0. The molecule has 0 aliphatic carbocycles. The summed E-state index contributed by atoms with van der Waals surface area (Å²) in [6.07, 6.45) is -8.06. The molecule has 0 atom stereocenters. The fourth-order valence-corrected chi connectivity index (χ4v) is 1.22. The van der Waals surface area contributed by atoms with E-state index in [1.54, 1.807) is 0 Å². The zero-order chi connectivity index (χ0) is 15.7. The third kappa shape index (κ3) is 3.14. The standard InChI is InChI=1S/C11H5F7O2/c12-5-1-2-7(13)6(3-5)8(19)4-9(20)10(14,15)11(16,17)18/h1-3H,4H2. The number of carbonyl (C=O) groups excluding carboxylic acids is 2. The summed E-state index contributed by atoms with van der Waals surface area (Å²) in [4.78, 5) is 22.1. The van der Waals surface area contributed by atoms with Crippen LogP contribution in [0.5, 0.6) is 0 Å². The van der Waals surface area contributed by atoms with Crippen molar-refractivity contribution in [1.29, 1.82) is 0 Å². The number of alkyl halides is 5. The number of halogens is 7. The van der Waals surface area contributed by atoms with E-state index < -0.39 is 47.3 Å². The van der Waals surface area contributed by atoms with Crippen LogP contribution in [0.3, 0.4) is 0 Å². The van der Waals surface area contributed by atoms with Gasteiger partial charge in [-0.15, -0.1) is 0 Å². The molecule has 0 bridgehead atoms. The molecule has 0 fully saturated rings. The Labute approximate surface area is 107 Å².